The minimum Gasteiger partial charge on any atom is -0.384 e. The van der Waals surface area contributed by atoms with Crippen LogP contribution in [-0.2, 0) is 13.5 Å². The Kier molecular flexibility index (Phi) is 3.18. The Morgan fingerprint density at radius 3 is 2.50 bits per heavy atom. The molecule has 0 aliphatic rings. The Labute approximate surface area is 109 Å². The van der Waals surface area contributed by atoms with E-state index >= 15 is 0 Å². The summed E-state index contributed by atoms with van der Waals surface area (Å²) in [7, 11) is 1.88. The van der Waals surface area contributed by atoms with Gasteiger partial charge >= 0.3 is 0 Å². The zero-order valence-corrected chi connectivity index (χ0v) is 11.5. The number of aryl methyl sites for hydroxylation is 1. The largest absolute Gasteiger partial charge is 0.384 e. The first kappa shape index (κ1) is 11.4. The van der Waals surface area contributed by atoms with Crippen molar-refractivity contribution in [2.45, 2.75) is 13.3 Å². The second-order valence-corrected chi connectivity index (χ2v) is 4.94. The van der Waals surface area contributed by atoms with Crippen LogP contribution in [-0.4, -0.2) is 9.78 Å². The Morgan fingerprint density at radius 2 is 1.94 bits per heavy atom. The van der Waals surface area contributed by atoms with E-state index in [0.29, 0.717) is 0 Å². The predicted molar refractivity (Wildman–Crippen MR) is 75.2 cm³/mol. The molecule has 2 aromatic rings. The average Bonchev–Trinajstić information content (AvgIpc) is 2.56. The highest BCUT2D eigenvalue weighted by atomic mass is 127. The lowest BCUT2D eigenvalue weighted by Crippen LogP contribution is -1.98. The van der Waals surface area contributed by atoms with Gasteiger partial charge in [-0.2, -0.15) is 5.10 Å². The van der Waals surface area contributed by atoms with Gasteiger partial charge in [-0.3, -0.25) is 4.68 Å². The van der Waals surface area contributed by atoms with Gasteiger partial charge in [-0.15, -0.1) is 0 Å². The van der Waals surface area contributed by atoms with Gasteiger partial charge in [0, 0.05) is 21.7 Å². The first-order valence-corrected chi connectivity index (χ1v) is 6.28. The van der Waals surface area contributed by atoms with Crippen LogP contribution in [0.1, 0.15) is 12.5 Å². The number of hydrogen-bond acceptors (Lipinski definition) is 2. The van der Waals surface area contributed by atoms with Gasteiger partial charge < -0.3 is 5.73 Å². The van der Waals surface area contributed by atoms with Gasteiger partial charge in [0.25, 0.3) is 0 Å². The Hall–Kier alpha value is -1.04. The van der Waals surface area contributed by atoms with Gasteiger partial charge in [0.2, 0.25) is 0 Å². The molecule has 0 atom stereocenters. The van der Waals surface area contributed by atoms with Gasteiger partial charge in [0.1, 0.15) is 5.82 Å². The summed E-state index contributed by atoms with van der Waals surface area (Å²) in [5, 5.41) is 4.47. The quantitative estimate of drug-likeness (QED) is 0.862. The summed E-state index contributed by atoms with van der Waals surface area (Å²) < 4.78 is 2.97. The highest BCUT2D eigenvalue weighted by molar-refractivity contribution is 14.1. The minimum atomic E-state index is 0.760. The molecule has 4 heteroatoms. The highest BCUT2D eigenvalue weighted by Crippen LogP contribution is 2.27. The van der Waals surface area contributed by atoms with E-state index in [-0.39, 0.29) is 0 Å². The molecular weight excluding hydrogens is 313 g/mol. The Bertz CT molecular complexity index is 500. The van der Waals surface area contributed by atoms with Crippen molar-refractivity contribution in [3.8, 4) is 11.3 Å². The predicted octanol–water partition coefficient (Wildman–Crippen LogP) is 2.84. The van der Waals surface area contributed by atoms with Crippen molar-refractivity contribution in [1.82, 2.24) is 9.78 Å². The molecule has 2 N–H and O–H groups in total. The molecule has 0 saturated heterocycles. The molecule has 0 amide bonds. The van der Waals surface area contributed by atoms with Crippen LogP contribution in [0.25, 0.3) is 11.3 Å². The number of halogens is 1. The summed E-state index contributed by atoms with van der Waals surface area (Å²) in [6.07, 6.45) is 0.904. The summed E-state index contributed by atoms with van der Waals surface area (Å²) >= 11 is 2.30. The van der Waals surface area contributed by atoms with Crippen LogP contribution < -0.4 is 5.73 Å². The number of nitrogens with two attached hydrogens (primary N) is 1. The second-order valence-electron chi connectivity index (χ2n) is 3.70. The third-order valence-electron chi connectivity index (χ3n) is 2.66. The number of benzene rings is 1. The maximum Gasteiger partial charge on any atom is 0.125 e. The Balaban J connectivity index is 2.55. The van der Waals surface area contributed by atoms with Crippen LogP contribution in [0, 0.1) is 3.57 Å². The van der Waals surface area contributed by atoms with Crippen molar-refractivity contribution in [2.24, 2.45) is 7.05 Å². The molecule has 16 heavy (non-hydrogen) atoms. The van der Waals surface area contributed by atoms with Gasteiger partial charge in [-0.25, -0.2) is 0 Å². The fourth-order valence-electron chi connectivity index (χ4n) is 1.77. The Morgan fingerprint density at radius 1 is 1.31 bits per heavy atom. The van der Waals surface area contributed by atoms with Gasteiger partial charge in [0.05, 0.1) is 5.69 Å². The first-order chi connectivity index (χ1) is 7.63. The monoisotopic (exact) mass is 327 g/mol. The van der Waals surface area contributed by atoms with E-state index in [1.807, 2.05) is 7.05 Å². The average molecular weight is 327 g/mol. The first-order valence-electron chi connectivity index (χ1n) is 5.20. The number of nitrogen functional groups attached to an aromatic ring is 1. The molecule has 3 nitrogen and oxygen atoms in total. The molecule has 0 aliphatic carbocycles. The summed E-state index contributed by atoms with van der Waals surface area (Å²) in [6.45, 7) is 2.10. The fraction of sp³-hybridized carbons (Fsp3) is 0.250. The zero-order valence-electron chi connectivity index (χ0n) is 9.37. The molecular formula is C12H14IN3. The van der Waals surface area contributed by atoms with Crippen molar-refractivity contribution in [2.75, 3.05) is 5.73 Å². The molecule has 0 saturated carbocycles. The second kappa shape index (κ2) is 4.45. The van der Waals surface area contributed by atoms with Gasteiger partial charge in [-0.1, -0.05) is 19.1 Å². The van der Waals surface area contributed by atoms with Crippen molar-refractivity contribution in [1.29, 1.82) is 0 Å². The van der Waals surface area contributed by atoms with Crippen LogP contribution >= 0.6 is 22.6 Å². The highest BCUT2D eigenvalue weighted by Gasteiger charge is 2.13. The lowest BCUT2D eigenvalue weighted by molar-refractivity contribution is 0.781. The fourth-order valence-corrected chi connectivity index (χ4v) is 2.13. The number of anilines is 1. The topological polar surface area (TPSA) is 43.8 Å². The molecule has 1 heterocycles. The maximum atomic E-state index is 5.98. The van der Waals surface area contributed by atoms with Crippen molar-refractivity contribution >= 4 is 28.4 Å². The van der Waals surface area contributed by atoms with Crippen molar-refractivity contribution in [3.05, 3.63) is 33.4 Å². The van der Waals surface area contributed by atoms with E-state index < -0.39 is 0 Å². The third-order valence-corrected chi connectivity index (χ3v) is 3.38. The van der Waals surface area contributed by atoms with Crippen LogP contribution in [0.2, 0.25) is 0 Å². The van der Waals surface area contributed by atoms with Gasteiger partial charge in [-0.05, 0) is 41.1 Å². The maximum absolute atomic E-state index is 5.98. The summed E-state index contributed by atoms with van der Waals surface area (Å²) in [6, 6.07) is 8.34. The van der Waals surface area contributed by atoms with E-state index in [1.54, 1.807) is 4.68 Å². The lowest BCUT2D eigenvalue weighted by Gasteiger charge is -2.00. The molecule has 0 aliphatic heterocycles. The van der Waals surface area contributed by atoms with E-state index in [0.717, 1.165) is 29.1 Å². The smallest absolute Gasteiger partial charge is 0.125 e. The molecule has 0 unspecified atom stereocenters. The van der Waals surface area contributed by atoms with E-state index in [9.17, 15) is 0 Å². The van der Waals surface area contributed by atoms with E-state index in [1.165, 1.54) is 3.57 Å². The molecule has 1 aromatic heterocycles. The van der Waals surface area contributed by atoms with E-state index in [4.69, 9.17) is 5.73 Å². The molecule has 2 rings (SSSR count). The van der Waals surface area contributed by atoms with Crippen molar-refractivity contribution < 1.29 is 0 Å². The third kappa shape index (κ3) is 1.93. The summed E-state index contributed by atoms with van der Waals surface area (Å²) in [4.78, 5) is 0. The van der Waals surface area contributed by atoms with Crippen LogP contribution in [0.5, 0.6) is 0 Å². The molecule has 0 radical (unpaired) electrons. The van der Waals surface area contributed by atoms with Gasteiger partial charge in [0.15, 0.2) is 0 Å². The van der Waals surface area contributed by atoms with Crippen LogP contribution in [0.3, 0.4) is 0 Å². The van der Waals surface area contributed by atoms with Crippen molar-refractivity contribution in [3.63, 3.8) is 0 Å². The molecule has 84 valence electrons. The summed E-state index contributed by atoms with van der Waals surface area (Å²) in [5.41, 5.74) is 9.24. The van der Waals surface area contributed by atoms with E-state index in [2.05, 4.69) is 58.9 Å². The number of hydrogen-bond donors (Lipinski definition) is 1. The molecule has 0 spiro atoms. The lowest BCUT2D eigenvalue weighted by atomic mass is 10.1. The van der Waals surface area contributed by atoms with Crippen LogP contribution in [0.4, 0.5) is 5.82 Å². The summed E-state index contributed by atoms with van der Waals surface area (Å²) in [5.74, 6) is 0.760. The number of rotatable bonds is 2. The standard InChI is InChI=1S/C12H14IN3/c1-3-10-11(15-16(2)12(10)14)8-4-6-9(13)7-5-8/h4-7H,3,14H2,1-2H3. The number of aromatic nitrogens is 2. The molecule has 1 aromatic carbocycles. The molecule has 0 fully saturated rings. The normalized spacial score (nSPS) is 10.7. The number of nitrogens with zero attached hydrogens (tertiary/aromatic N) is 2. The SMILES string of the molecule is CCc1c(-c2ccc(I)cc2)nn(C)c1N. The zero-order chi connectivity index (χ0) is 11.7. The minimum absolute atomic E-state index is 0.760. The molecule has 0 bridgehead atoms. The van der Waals surface area contributed by atoms with Crippen LogP contribution in [0.15, 0.2) is 24.3 Å².